The molecule has 1 heterocycles. The van der Waals surface area contributed by atoms with Gasteiger partial charge in [0.05, 0.1) is 0 Å². The predicted molar refractivity (Wildman–Crippen MR) is 105 cm³/mol. The summed E-state index contributed by atoms with van der Waals surface area (Å²) in [5, 5.41) is 0. The zero-order valence-corrected chi connectivity index (χ0v) is 16.0. The molecule has 0 unspecified atom stereocenters. The maximum atomic E-state index is 4.28. The monoisotopic (exact) mass is 329 g/mol. The number of pyridine rings is 1. The fourth-order valence-corrected chi connectivity index (χ4v) is 4.32. The van der Waals surface area contributed by atoms with Crippen LogP contribution in [0.5, 0.6) is 0 Å². The van der Waals surface area contributed by atoms with Crippen LogP contribution in [0, 0.1) is 5.92 Å². The van der Waals surface area contributed by atoms with Crippen molar-refractivity contribution in [2.24, 2.45) is 5.92 Å². The summed E-state index contributed by atoms with van der Waals surface area (Å²) in [6.07, 6.45) is 25.6. The molecule has 0 radical (unpaired) electrons. The Hall–Kier alpha value is -0.850. The molecule has 136 valence electrons. The van der Waals surface area contributed by atoms with Gasteiger partial charge in [0.15, 0.2) is 0 Å². The Bertz CT molecular complexity index is 392. The molecule has 0 saturated heterocycles. The molecule has 0 amide bonds. The van der Waals surface area contributed by atoms with Crippen LogP contribution in [0.2, 0.25) is 0 Å². The average Bonchev–Trinajstić information content (AvgIpc) is 2.64. The molecule has 1 saturated carbocycles. The van der Waals surface area contributed by atoms with Crippen molar-refractivity contribution in [1.82, 2.24) is 4.98 Å². The second kappa shape index (κ2) is 12.5. The van der Waals surface area contributed by atoms with E-state index >= 15 is 0 Å². The van der Waals surface area contributed by atoms with Crippen molar-refractivity contribution in [3.8, 4) is 0 Å². The number of unbranched alkanes of at least 4 members (excludes halogenated alkanes) is 9. The highest BCUT2D eigenvalue weighted by atomic mass is 14.6. The van der Waals surface area contributed by atoms with Gasteiger partial charge in [-0.3, -0.25) is 4.98 Å². The van der Waals surface area contributed by atoms with Gasteiger partial charge in [-0.25, -0.2) is 0 Å². The third kappa shape index (κ3) is 7.81. The van der Waals surface area contributed by atoms with E-state index in [-0.39, 0.29) is 0 Å². The Morgan fingerprint density at radius 2 is 1.46 bits per heavy atom. The summed E-state index contributed by atoms with van der Waals surface area (Å²) in [4.78, 5) is 4.28. The summed E-state index contributed by atoms with van der Waals surface area (Å²) in [6, 6.07) is 4.35. The zero-order valence-electron chi connectivity index (χ0n) is 16.0. The molecule has 0 spiro atoms. The maximum Gasteiger partial charge on any atom is 0.0302 e. The Labute approximate surface area is 150 Å². The first-order valence-electron chi connectivity index (χ1n) is 10.8. The zero-order chi connectivity index (χ0) is 16.9. The van der Waals surface area contributed by atoms with Gasteiger partial charge < -0.3 is 0 Å². The second-order valence-electron chi connectivity index (χ2n) is 7.97. The maximum absolute atomic E-state index is 4.28. The highest BCUT2D eigenvalue weighted by molar-refractivity contribution is 5.15. The first kappa shape index (κ1) is 19.5. The van der Waals surface area contributed by atoms with Crippen LogP contribution in [0.4, 0.5) is 0 Å². The van der Waals surface area contributed by atoms with Gasteiger partial charge in [-0.05, 0) is 49.1 Å². The van der Waals surface area contributed by atoms with Crippen LogP contribution in [-0.4, -0.2) is 4.98 Å². The van der Waals surface area contributed by atoms with E-state index < -0.39 is 0 Å². The van der Waals surface area contributed by atoms with Crippen molar-refractivity contribution in [3.63, 3.8) is 0 Å². The number of hydrogen-bond acceptors (Lipinski definition) is 1. The van der Waals surface area contributed by atoms with Gasteiger partial charge in [-0.2, -0.15) is 0 Å². The molecule has 1 aliphatic rings. The van der Waals surface area contributed by atoms with E-state index in [4.69, 9.17) is 0 Å². The third-order valence-corrected chi connectivity index (χ3v) is 5.97. The van der Waals surface area contributed by atoms with Crippen LogP contribution in [0.25, 0.3) is 0 Å². The lowest BCUT2D eigenvalue weighted by atomic mass is 9.77. The van der Waals surface area contributed by atoms with Gasteiger partial charge >= 0.3 is 0 Å². The first-order valence-corrected chi connectivity index (χ1v) is 10.8. The quantitative estimate of drug-likeness (QED) is 0.358. The highest BCUT2D eigenvalue weighted by Gasteiger charge is 2.21. The number of nitrogens with zero attached hydrogens (tertiary/aromatic N) is 1. The van der Waals surface area contributed by atoms with Gasteiger partial charge in [0.2, 0.25) is 0 Å². The fraction of sp³-hybridized carbons (Fsp3) is 0.783. The number of rotatable bonds is 12. The minimum atomic E-state index is 0.780. The van der Waals surface area contributed by atoms with Crippen LogP contribution >= 0.6 is 0 Å². The van der Waals surface area contributed by atoms with E-state index in [2.05, 4.69) is 30.2 Å². The molecule has 1 heteroatoms. The van der Waals surface area contributed by atoms with Crippen molar-refractivity contribution in [3.05, 3.63) is 30.1 Å². The summed E-state index contributed by atoms with van der Waals surface area (Å²) >= 11 is 0. The van der Waals surface area contributed by atoms with Crippen LogP contribution in [0.1, 0.15) is 115 Å². The lowest BCUT2D eigenvalue weighted by Crippen LogP contribution is -2.13. The minimum absolute atomic E-state index is 0.780. The Morgan fingerprint density at radius 1 is 0.833 bits per heavy atom. The van der Waals surface area contributed by atoms with E-state index in [1.165, 1.54) is 102 Å². The largest absolute Gasteiger partial charge is 0.264 e. The molecule has 0 aliphatic heterocycles. The standard InChI is InChI=1S/C23H39N/c1-2-3-4-5-6-7-8-9-10-11-13-21-15-17-22(18-16-21)23-14-12-19-24-20-23/h12,14,19-22H,2-11,13,15-18H2,1H3. The molecule has 0 bridgehead atoms. The van der Waals surface area contributed by atoms with Crippen LogP contribution in [-0.2, 0) is 0 Å². The summed E-state index contributed by atoms with van der Waals surface area (Å²) < 4.78 is 0. The van der Waals surface area contributed by atoms with Crippen LogP contribution < -0.4 is 0 Å². The van der Waals surface area contributed by atoms with Gasteiger partial charge in [-0.1, -0.05) is 83.6 Å². The topological polar surface area (TPSA) is 12.9 Å². The highest BCUT2D eigenvalue weighted by Crippen LogP contribution is 2.37. The van der Waals surface area contributed by atoms with E-state index in [1.807, 2.05) is 6.20 Å². The van der Waals surface area contributed by atoms with Gasteiger partial charge in [0, 0.05) is 12.4 Å². The van der Waals surface area contributed by atoms with Crippen molar-refractivity contribution in [1.29, 1.82) is 0 Å². The molecule has 1 aromatic heterocycles. The Balaban J connectivity index is 1.43. The van der Waals surface area contributed by atoms with Gasteiger partial charge in [0.1, 0.15) is 0 Å². The molecule has 0 aromatic carbocycles. The minimum Gasteiger partial charge on any atom is -0.264 e. The smallest absolute Gasteiger partial charge is 0.0302 e. The molecular formula is C23H39N. The van der Waals surface area contributed by atoms with E-state index in [9.17, 15) is 0 Å². The molecule has 0 atom stereocenters. The van der Waals surface area contributed by atoms with Crippen LogP contribution in [0.15, 0.2) is 24.5 Å². The van der Waals surface area contributed by atoms with E-state index in [1.54, 1.807) is 0 Å². The van der Waals surface area contributed by atoms with Crippen molar-refractivity contribution in [2.45, 2.75) is 109 Å². The lowest BCUT2D eigenvalue weighted by Gasteiger charge is -2.28. The molecule has 24 heavy (non-hydrogen) atoms. The van der Waals surface area contributed by atoms with Crippen molar-refractivity contribution < 1.29 is 0 Å². The molecule has 1 fully saturated rings. The van der Waals surface area contributed by atoms with Crippen molar-refractivity contribution >= 4 is 0 Å². The summed E-state index contributed by atoms with van der Waals surface area (Å²) in [6.45, 7) is 2.30. The normalized spacial score (nSPS) is 21.0. The number of hydrogen-bond donors (Lipinski definition) is 0. The number of aromatic nitrogens is 1. The van der Waals surface area contributed by atoms with Crippen molar-refractivity contribution in [2.75, 3.05) is 0 Å². The second-order valence-corrected chi connectivity index (χ2v) is 7.97. The molecule has 1 nitrogen and oxygen atoms in total. The Morgan fingerprint density at radius 3 is 2.04 bits per heavy atom. The SMILES string of the molecule is CCCCCCCCCCCCC1CCC(c2cccnc2)CC1. The third-order valence-electron chi connectivity index (χ3n) is 5.97. The van der Waals surface area contributed by atoms with E-state index in [0.29, 0.717) is 0 Å². The molecule has 1 aromatic rings. The lowest BCUT2D eigenvalue weighted by molar-refractivity contribution is 0.301. The predicted octanol–water partition coefficient (Wildman–Crippen LogP) is 7.67. The van der Waals surface area contributed by atoms with E-state index in [0.717, 1.165) is 11.8 Å². The fourth-order valence-electron chi connectivity index (χ4n) is 4.32. The molecule has 1 aliphatic carbocycles. The molecule has 2 rings (SSSR count). The summed E-state index contributed by atoms with van der Waals surface area (Å²) in [5.41, 5.74) is 1.47. The average molecular weight is 330 g/mol. The summed E-state index contributed by atoms with van der Waals surface area (Å²) in [7, 11) is 0. The summed E-state index contributed by atoms with van der Waals surface area (Å²) in [5.74, 6) is 1.79. The van der Waals surface area contributed by atoms with Crippen LogP contribution in [0.3, 0.4) is 0 Å². The Kier molecular flexibility index (Phi) is 10.1. The molecule has 0 N–H and O–H groups in total. The first-order chi connectivity index (χ1) is 11.9. The van der Waals surface area contributed by atoms with Gasteiger partial charge in [0.25, 0.3) is 0 Å². The molecular weight excluding hydrogens is 290 g/mol. The van der Waals surface area contributed by atoms with Gasteiger partial charge in [-0.15, -0.1) is 0 Å².